The Balaban J connectivity index is 2.69. The predicted octanol–water partition coefficient (Wildman–Crippen LogP) is 2.01. The van der Waals surface area contributed by atoms with Gasteiger partial charge >= 0.3 is 0 Å². The number of aliphatic hydroxyl groups is 2. The molecule has 1 aliphatic heterocycles. The summed E-state index contributed by atoms with van der Waals surface area (Å²) in [6, 6.07) is 0. The highest BCUT2D eigenvalue weighted by Gasteiger charge is 2.26. The molecule has 4 heteroatoms. The van der Waals surface area contributed by atoms with Gasteiger partial charge in [-0.15, -0.1) is 0 Å². The normalized spacial score (nSPS) is 38.5. The predicted molar refractivity (Wildman–Crippen MR) is 67.8 cm³/mol. The standard InChI is InChI=1S/C12H21BrO3/c1-2-11-9(13)5-3-4-6-10(15)12(16-11)7-8-14/h3-4,9-12,14-15H,2,5-8H2,1H3/b4-3-/t9-,10+,11+,12+/m1/s1. The molecule has 0 aliphatic carbocycles. The third-order valence-corrected chi connectivity index (χ3v) is 3.87. The number of allylic oxidation sites excluding steroid dienone is 1. The van der Waals surface area contributed by atoms with Crippen LogP contribution in [0.1, 0.15) is 32.6 Å². The molecule has 1 aliphatic rings. The van der Waals surface area contributed by atoms with Crippen LogP contribution in [-0.4, -0.2) is 40.0 Å². The van der Waals surface area contributed by atoms with Crippen LogP contribution in [0.5, 0.6) is 0 Å². The van der Waals surface area contributed by atoms with Crippen LogP contribution in [0.3, 0.4) is 0 Å². The molecule has 0 saturated carbocycles. The molecule has 0 aromatic heterocycles. The van der Waals surface area contributed by atoms with Crippen molar-refractivity contribution in [2.75, 3.05) is 6.61 Å². The highest BCUT2D eigenvalue weighted by Crippen LogP contribution is 2.23. The summed E-state index contributed by atoms with van der Waals surface area (Å²) in [5.41, 5.74) is 0. The second-order valence-corrected chi connectivity index (χ2v) is 5.34. The molecular formula is C12H21BrO3. The first-order valence-corrected chi connectivity index (χ1v) is 6.84. The van der Waals surface area contributed by atoms with Gasteiger partial charge in [0.1, 0.15) is 0 Å². The number of aliphatic hydroxyl groups excluding tert-OH is 2. The van der Waals surface area contributed by atoms with Crippen molar-refractivity contribution >= 4 is 15.9 Å². The van der Waals surface area contributed by atoms with Crippen molar-refractivity contribution in [3.63, 3.8) is 0 Å². The second kappa shape index (κ2) is 7.43. The average molecular weight is 293 g/mol. The molecule has 16 heavy (non-hydrogen) atoms. The number of hydrogen-bond donors (Lipinski definition) is 2. The Labute approximate surface area is 106 Å². The molecule has 0 spiro atoms. The first kappa shape index (κ1) is 14.2. The molecule has 0 aromatic rings. The Morgan fingerprint density at radius 1 is 1.31 bits per heavy atom. The van der Waals surface area contributed by atoms with E-state index in [1.807, 2.05) is 6.08 Å². The third kappa shape index (κ3) is 4.17. The molecule has 0 amide bonds. The lowest BCUT2D eigenvalue weighted by Gasteiger charge is -2.28. The Kier molecular flexibility index (Phi) is 6.58. The fourth-order valence-corrected chi connectivity index (χ4v) is 2.62. The Bertz CT molecular complexity index is 220. The lowest BCUT2D eigenvalue weighted by molar-refractivity contribution is -0.0834. The van der Waals surface area contributed by atoms with Gasteiger partial charge in [-0.3, -0.25) is 0 Å². The molecule has 0 radical (unpaired) electrons. The smallest absolute Gasteiger partial charge is 0.0863 e. The molecule has 0 saturated heterocycles. The minimum atomic E-state index is -0.518. The van der Waals surface area contributed by atoms with E-state index in [2.05, 4.69) is 28.9 Å². The zero-order valence-electron chi connectivity index (χ0n) is 9.68. The molecule has 2 N–H and O–H groups in total. The van der Waals surface area contributed by atoms with Gasteiger partial charge in [0.25, 0.3) is 0 Å². The van der Waals surface area contributed by atoms with Gasteiger partial charge in [0.05, 0.1) is 18.3 Å². The van der Waals surface area contributed by atoms with E-state index in [4.69, 9.17) is 9.84 Å². The summed E-state index contributed by atoms with van der Waals surface area (Å²) >= 11 is 3.61. The molecule has 0 bridgehead atoms. The molecular weight excluding hydrogens is 272 g/mol. The van der Waals surface area contributed by atoms with Crippen molar-refractivity contribution in [1.29, 1.82) is 0 Å². The summed E-state index contributed by atoms with van der Waals surface area (Å²) < 4.78 is 5.89. The van der Waals surface area contributed by atoms with Crippen molar-refractivity contribution in [2.24, 2.45) is 0 Å². The van der Waals surface area contributed by atoms with Crippen molar-refractivity contribution in [3.05, 3.63) is 12.2 Å². The highest BCUT2D eigenvalue weighted by molar-refractivity contribution is 9.09. The number of ether oxygens (including phenoxy) is 1. The summed E-state index contributed by atoms with van der Waals surface area (Å²) in [6.45, 7) is 2.12. The van der Waals surface area contributed by atoms with Crippen LogP contribution in [0.15, 0.2) is 12.2 Å². The minimum absolute atomic E-state index is 0.0504. The number of hydrogen-bond acceptors (Lipinski definition) is 3. The zero-order valence-corrected chi connectivity index (χ0v) is 11.3. The lowest BCUT2D eigenvalue weighted by atomic mass is 10.1. The van der Waals surface area contributed by atoms with Gasteiger partial charge in [-0.1, -0.05) is 35.0 Å². The maximum atomic E-state index is 9.93. The van der Waals surface area contributed by atoms with Crippen LogP contribution < -0.4 is 0 Å². The number of alkyl halides is 1. The molecule has 0 aromatic carbocycles. The minimum Gasteiger partial charge on any atom is -0.396 e. The van der Waals surface area contributed by atoms with E-state index >= 15 is 0 Å². The van der Waals surface area contributed by atoms with Crippen molar-refractivity contribution in [2.45, 2.75) is 55.7 Å². The van der Waals surface area contributed by atoms with Gasteiger partial charge in [-0.25, -0.2) is 0 Å². The van der Waals surface area contributed by atoms with E-state index < -0.39 is 6.10 Å². The summed E-state index contributed by atoms with van der Waals surface area (Å²) in [5.74, 6) is 0. The summed E-state index contributed by atoms with van der Waals surface area (Å²) in [5, 5.41) is 18.9. The highest BCUT2D eigenvalue weighted by atomic mass is 79.9. The maximum absolute atomic E-state index is 9.93. The SMILES string of the molecule is CC[C@@H]1O[C@@H](CCO)[C@@H](O)C/C=C\C[C@H]1Br. The van der Waals surface area contributed by atoms with Gasteiger partial charge in [0.2, 0.25) is 0 Å². The first-order valence-electron chi connectivity index (χ1n) is 5.92. The van der Waals surface area contributed by atoms with Gasteiger partial charge in [-0.05, 0) is 25.7 Å². The van der Waals surface area contributed by atoms with Gasteiger partial charge < -0.3 is 14.9 Å². The van der Waals surface area contributed by atoms with Gasteiger partial charge in [0.15, 0.2) is 0 Å². The first-order chi connectivity index (χ1) is 7.69. The van der Waals surface area contributed by atoms with Crippen LogP contribution in [0, 0.1) is 0 Å². The molecule has 1 heterocycles. The average Bonchev–Trinajstić information content (AvgIpc) is 2.34. The number of rotatable bonds is 3. The largest absolute Gasteiger partial charge is 0.396 e. The van der Waals surface area contributed by atoms with E-state index in [1.54, 1.807) is 0 Å². The van der Waals surface area contributed by atoms with Crippen molar-refractivity contribution < 1.29 is 14.9 Å². The van der Waals surface area contributed by atoms with Gasteiger partial charge in [0, 0.05) is 11.4 Å². The van der Waals surface area contributed by atoms with Crippen LogP contribution in [0.4, 0.5) is 0 Å². The van der Waals surface area contributed by atoms with Crippen LogP contribution in [-0.2, 0) is 4.74 Å². The molecule has 94 valence electrons. The van der Waals surface area contributed by atoms with E-state index in [9.17, 15) is 5.11 Å². The molecule has 0 unspecified atom stereocenters. The van der Waals surface area contributed by atoms with Crippen molar-refractivity contribution in [1.82, 2.24) is 0 Å². The zero-order chi connectivity index (χ0) is 12.0. The maximum Gasteiger partial charge on any atom is 0.0863 e. The fourth-order valence-electron chi connectivity index (χ4n) is 1.91. The monoisotopic (exact) mass is 292 g/mol. The molecule has 3 nitrogen and oxygen atoms in total. The Hall–Kier alpha value is 0.100. The van der Waals surface area contributed by atoms with Crippen molar-refractivity contribution in [3.8, 4) is 0 Å². The van der Waals surface area contributed by atoms with E-state index in [0.717, 1.165) is 12.8 Å². The Morgan fingerprint density at radius 3 is 2.62 bits per heavy atom. The summed E-state index contributed by atoms with van der Waals surface area (Å²) in [7, 11) is 0. The number of halogens is 1. The van der Waals surface area contributed by atoms with E-state index in [0.29, 0.717) is 12.8 Å². The summed E-state index contributed by atoms with van der Waals surface area (Å²) in [6.07, 6.45) is 6.28. The van der Waals surface area contributed by atoms with Crippen LogP contribution in [0.2, 0.25) is 0 Å². The van der Waals surface area contributed by atoms with Gasteiger partial charge in [-0.2, -0.15) is 0 Å². The quantitative estimate of drug-likeness (QED) is 0.618. The fraction of sp³-hybridized carbons (Fsp3) is 0.833. The van der Waals surface area contributed by atoms with E-state index in [1.165, 1.54) is 0 Å². The summed E-state index contributed by atoms with van der Waals surface area (Å²) in [4.78, 5) is 0.278. The van der Waals surface area contributed by atoms with E-state index in [-0.39, 0.29) is 23.6 Å². The van der Waals surface area contributed by atoms with Crippen LogP contribution in [0.25, 0.3) is 0 Å². The molecule has 0 fully saturated rings. The molecule has 1 rings (SSSR count). The second-order valence-electron chi connectivity index (χ2n) is 4.16. The third-order valence-electron chi connectivity index (χ3n) is 2.90. The Morgan fingerprint density at radius 2 is 2.00 bits per heavy atom. The lowest BCUT2D eigenvalue weighted by Crippen LogP contribution is -2.36. The topological polar surface area (TPSA) is 49.7 Å². The molecule has 4 atom stereocenters. The van der Waals surface area contributed by atoms with Crippen LogP contribution >= 0.6 is 15.9 Å².